The number of hydrogen-bond donors (Lipinski definition) is 1. The largest absolute Gasteiger partial charge is 0.416 e. The van der Waals surface area contributed by atoms with Crippen LogP contribution in [0.5, 0.6) is 0 Å². The maximum absolute atomic E-state index is 13.7. The van der Waals surface area contributed by atoms with E-state index in [4.69, 9.17) is 0 Å². The second-order valence-corrected chi connectivity index (χ2v) is 5.71. The minimum atomic E-state index is -4.52. The molecule has 0 saturated carbocycles. The van der Waals surface area contributed by atoms with Crippen LogP contribution in [-0.4, -0.2) is 31.1 Å². The van der Waals surface area contributed by atoms with Crippen LogP contribution >= 0.6 is 24.8 Å². The van der Waals surface area contributed by atoms with Crippen LogP contribution in [0.25, 0.3) is 0 Å². The molecule has 2 rings (SSSR count). The lowest BCUT2D eigenvalue weighted by Crippen LogP contribution is -2.45. The highest BCUT2D eigenvalue weighted by molar-refractivity contribution is 5.85. The SMILES string of the molecule is CCCC[C@@H](c1cc(F)cc(C(F)(F)F)c1)N1CCNCC1.Cl.Cl. The minimum Gasteiger partial charge on any atom is -0.314 e. The fraction of sp³-hybridized carbons (Fsp3) is 0.625. The minimum absolute atomic E-state index is 0. The van der Waals surface area contributed by atoms with Gasteiger partial charge in [-0.25, -0.2) is 4.39 Å². The Kier molecular flexibility index (Phi) is 10.2. The van der Waals surface area contributed by atoms with Crippen molar-refractivity contribution in [2.45, 2.75) is 38.4 Å². The molecule has 1 heterocycles. The van der Waals surface area contributed by atoms with E-state index in [1.54, 1.807) is 0 Å². The summed E-state index contributed by atoms with van der Waals surface area (Å²) in [4.78, 5) is 2.15. The zero-order chi connectivity index (χ0) is 16.2. The molecule has 1 N–H and O–H groups in total. The highest BCUT2D eigenvalue weighted by Gasteiger charge is 2.32. The van der Waals surface area contributed by atoms with Crippen molar-refractivity contribution < 1.29 is 17.6 Å². The normalized spacial score (nSPS) is 16.9. The number of nitrogens with one attached hydrogen (secondary N) is 1. The van der Waals surface area contributed by atoms with Crippen LogP contribution in [0.3, 0.4) is 0 Å². The van der Waals surface area contributed by atoms with Crippen molar-refractivity contribution in [1.82, 2.24) is 10.2 Å². The molecule has 0 unspecified atom stereocenters. The van der Waals surface area contributed by atoms with Gasteiger partial charge >= 0.3 is 6.18 Å². The first-order valence-electron chi connectivity index (χ1n) is 7.74. The fourth-order valence-electron chi connectivity index (χ4n) is 2.92. The molecule has 8 heteroatoms. The summed E-state index contributed by atoms with van der Waals surface area (Å²) in [6, 6.07) is 2.76. The van der Waals surface area contributed by atoms with Gasteiger partial charge in [-0.05, 0) is 30.2 Å². The third-order valence-corrected chi connectivity index (χ3v) is 4.06. The number of unbranched alkanes of at least 4 members (excludes halogenated alkanes) is 1. The van der Waals surface area contributed by atoms with E-state index >= 15 is 0 Å². The molecule has 0 spiro atoms. The van der Waals surface area contributed by atoms with Gasteiger partial charge in [-0.1, -0.05) is 19.8 Å². The number of alkyl halides is 3. The van der Waals surface area contributed by atoms with Crippen molar-refractivity contribution in [3.8, 4) is 0 Å². The van der Waals surface area contributed by atoms with Gasteiger partial charge < -0.3 is 5.32 Å². The predicted octanol–water partition coefficient (Wildman–Crippen LogP) is 4.82. The summed E-state index contributed by atoms with van der Waals surface area (Å²) in [7, 11) is 0. The lowest BCUT2D eigenvalue weighted by atomic mass is 9.96. The Labute approximate surface area is 152 Å². The van der Waals surface area contributed by atoms with Gasteiger partial charge in [-0.3, -0.25) is 4.90 Å². The Morgan fingerprint density at radius 1 is 1.12 bits per heavy atom. The monoisotopic (exact) mass is 390 g/mol. The van der Waals surface area contributed by atoms with E-state index in [0.29, 0.717) is 11.6 Å². The third-order valence-electron chi connectivity index (χ3n) is 4.06. The van der Waals surface area contributed by atoms with E-state index in [2.05, 4.69) is 10.2 Å². The summed E-state index contributed by atoms with van der Waals surface area (Å²) < 4.78 is 52.4. The summed E-state index contributed by atoms with van der Waals surface area (Å²) in [6.45, 7) is 5.20. The topological polar surface area (TPSA) is 15.3 Å². The number of hydrogen-bond acceptors (Lipinski definition) is 2. The molecular formula is C16H24Cl2F4N2. The van der Waals surface area contributed by atoms with Crippen LogP contribution in [0.15, 0.2) is 18.2 Å². The summed E-state index contributed by atoms with van der Waals surface area (Å²) >= 11 is 0. The van der Waals surface area contributed by atoms with E-state index in [0.717, 1.165) is 51.5 Å². The maximum atomic E-state index is 13.7. The Morgan fingerprint density at radius 3 is 2.29 bits per heavy atom. The van der Waals surface area contributed by atoms with E-state index < -0.39 is 17.6 Å². The zero-order valence-electron chi connectivity index (χ0n) is 13.5. The molecule has 1 atom stereocenters. The highest BCUT2D eigenvalue weighted by atomic mass is 35.5. The van der Waals surface area contributed by atoms with Crippen LogP contribution in [0, 0.1) is 5.82 Å². The van der Waals surface area contributed by atoms with Crippen LogP contribution in [0.4, 0.5) is 17.6 Å². The summed E-state index contributed by atoms with van der Waals surface area (Å²) in [5.74, 6) is -0.818. The van der Waals surface area contributed by atoms with Gasteiger partial charge in [0.2, 0.25) is 0 Å². The number of benzene rings is 1. The van der Waals surface area contributed by atoms with Crippen LogP contribution in [-0.2, 0) is 6.18 Å². The van der Waals surface area contributed by atoms with E-state index in [1.165, 1.54) is 6.07 Å². The first-order chi connectivity index (χ1) is 10.4. The molecule has 0 aliphatic carbocycles. The molecule has 2 nitrogen and oxygen atoms in total. The number of halogens is 6. The van der Waals surface area contributed by atoms with Crippen molar-refractivity contribution >= 4 is 24.8 Å². The molecule has 1 aliphatic rings. The molecule has 1 saturated heterocycles. The lowest BCUT2D eigenvalue weighted by molar-refractivity contribution is -0.137. The molecule has 0 radical (unpaired) electrons. The van der Waals surface area contributed by atoms with Crippen LogP contribution < -0.4 is 5.32 Å². The average Bonchev–Trinajstić information content (AvgIpc) is 2.47. The van der Waals surface area contributed by atoms with Gasteiger partial charge in [0.1, 0.15) is 5.82 Å². The van der Waals surface area contributed by atoms with Gasteiger partial charge in [0.15, 0.2) is 0 Å². The van der Waals surface area contributed by atoms with Crippen molar-refractivity contribution in [2.24, 2.45) is 0 Å². The van der Waals surface area contributed by atoms with Crippen LogP contribution in [0.1, 0.15) is 43.4 Å². The van der Waals surface area contributed by atoms with Crippen molar-refractivity contribution in [3.05, 3.63) is 35.1 Å². The molecule has 1 aliphatic heterocycles. The van der Waals surface area contributed by atoms with Gasteiger partial charge in [0.05, 0.1) is 5.56 Å². The zero-order valence-corrected chi connectivity index (χ0v) is 15.2. The molecular weight excluding hydrogens is 367 g/mol. The summed E-state index contributed by atoms with van der Waals surface area (Å²) in [6.07, 6.45) is -1.90. The predicted molar refractivity (Wildman–Crippen MR) is 92.6 cm³/mol. The molecule has 0 bridgehead atoms. The molecule has 0 amide bonds. The third kappa shape index (κ3) is 6.39. The Morgan fingerprint density at radius 2 is 1.75 bits per heavy atom. The standard InChI is InChI=1S/C16H22F4N2.2ClH/c1-2-3-4-15(22-7-5-21-6-8-22)12-9-13(16(18,19)20)11-14(17)10-12;;/h9-11,15,21H,2-8H2,1H3;2*1H/t15-;;/m0../s1. The lowest BCUT2D eigenvalue weighted by Gasteiger charge is -2.35. The quantitative estimate of drug-likeness (QED) is 0.724. The Hall–Kier alpha value is -0.560. The molecule has 1 aromatic rings. The first kappa shape index (κ1) is 23.4. The highest BCUT2D eigenvalue weighted by Crippen LogP contribution is 2.34. The molecule has 1 aromatic carbocycles. The smallest absolute Gasteiger partial charge is 0.314 e. The van der Waals surface area contributed by atoms with Crippen molar-refractivity contribution in [3.63, 3.8) is 0 Å². The van der Waals surface area contributed by atoms with Gasteiger partial charge in [0.25, 0.3) is 0 Å². The van der Waals surface area contributed by atoms with E-state index in [9.17, 15) is 17.6 Å². The average molecular weight is 391 g/mol. The summed E-state index contributed by atoms with van der Waals surface area (Å²) in [5.41, 5.74) is -0.471. The molecule has 0 aromatic heterocycles. The van der Waals surface area contributed by atoms with Gasteiger partial charge in [0, 0.05) is 32.2 Å². The number of rotatable bonds is 5. The molecule has 1 fully saturated rings. The number of piperazine rings is 1. The first-order valence-corrected chi connectivity index (χ1v) is 7.74. The Bertz CT molecular complexity index is 491. The number of nitrogens with zero attached hydrogens (tertiary/aromatic N) is 1. The fourth-order valence-corrected chi connectivity index (χ4v) is 2.92. The van der Waals surface area contributed by atoms with Crippen molar-refractivity contribution in [2.75, 3.05) is 26.2 Å². The van der Waals surface area contributed by atoms with E-state index in [-0.39, 0.29) is 30.9 Å². The molecule has 140 valence electrons. The maximum Gasteiger partial charge on any atom is 0.416 e. The second-order valence-electron chi connectivity index (χ2n) is 5.71. The molecule has 24 heavy (non-hydrogen) atoms. The summed E-state index contributed by atoms with van der Waals surface area (Å²) in [5, 5.41) is 3.23. The Balaban J connectivity index is 0.00000264. The van der Waals surface area contributed by atoms with Crippen molar-refractivity contribution in [1.29, 1.82) is 0 Å². The second kappa shape index (κ2) is 10.4. The van der Waals surface area contributed by atoms with Crippen LogP contribution in [0.2, 0.25) is 0 Å². The van der Waals surface area contributed by atoms with Gasteiger partial charge in [-0.15, -0.1) is 24.8 Å². The van der Waals surface area contributed by atoms with E-state index in [1.807, 2.05) is 6.92 Å². The van der Waals surface area contributed by atoms with Gasteiger partial charge in [-0.2, -0.15) is 13.2 Å².